The third-order valence-electron chi connectivity index (χ3n) is 3.00. The van der Waals surface area contributed by atoms with E-state index >= 15 is 0 Å². The van der Waals surface area contributed by atoms with Gasteiger partial charge in [-0.15, -0.1) is 16.4 Å². The van der Waals surface area contributed by atoms with Crippen LogP contribution in [0.3, 0.4) is 0 Å². The molecule has 7 heteroatoms. The Morgan fingerprint density at radius 3 is 2.95 bits per heavy atom. The Kier molecular flexibility index (Phi) is 3.94. The molecule has 3 aromatic rings. The number of hydrogen-bond acceptors (Lipinski definition) is 5. The first kappa shape index (κ1) is 14.1. The maximum atomic E-state index is 12.2. The zero-order valence-electron chi connectivity index (χ0n) is 11.6. The molecule has 0 radical (unpaired) electrons. The van der Waals surface area contributed by atoms with E-state index in [4.69, 9.17) is 0 Å². The lowest BCUT2D eigenvalue weighted by Gasteiger charge is -1.97. The van der Waals surface area contributed by atoms with Gasteiger partial charge in [0.15, 0.2) is 11.6 Å². The van der Waals surface area contributed by atoms with Gasteiger partial charge in [-0.2, -0.15) is 0 Å². The van der Waals surface area contributed by atoms with E-state index in [9.17, 15) is 4.79 Å². The minimum Gasteiger partial charge on any atom is -0.362 e. The van der Waals surface area contributed by atoms with Crippen LogP contribution in [0.4, 0.5) is 0 Å². The van der Waals surface area contributed by atoms with Crippen molar-refractivity contribution in [2.75, 3.05) is 5.75 Å². The van der Waals surface area contributed by atoms with Gasteiger partial charge in [0, 0.05) is 17.0 Å². The molecule has 3 rings (SSSR count). The molecule has 0 atom stereocenters. The second-order valence-electron chi connectivity index (χ2n) is 4.65. The first-order chi connectivity index (χ1) is 10.1. The van der Waals surface area contributed by atoms with Gasteiger partial charge in [0.05, 0.1) is 10.6 Å². The number of carbonyl (C=O) groups is 1. The highest BCUT2D eigenvalue weighted by Gasteiger charge is 2.14. The molecule has 0 saturated carbocycles. The van der Waals surface area contributed by atoms with Crippen molar-refractivity contribution in [3.05, 3.63) is 40.5 Å². The Morgan fingerprint density at radius 1 is 1.43 bits per heavy atom. The average molecular weight is 318 g/mol. The zero-order chi connectivity index (χ0) is 14.8. The summed E-state index contributed by atoms with van der Waals surface area (Å²) in [6.45, 7) is 3.85. The molecule has 2 N–H and O–H groups in total. The number of H-pyrrole nitrogens is 2. The van der Waals surface area contributed by atoms with Gasteiger partial charge in [0.25, 0.3) is 0 Å². The van der Waals surface area contributed by atoms with E-state index in [0.29, 0.717) is 10.9 Å². The summed E-state index contributed by atoms with van der Waals surface area (Å²) in [6, 6.07) is 5.83. The lowest BCUT2D eigenvalue weighted by molar-refractivity contribution is 0.102. The van der Waals surface area contributed by atoms with E-state index in [1.54, 1.807) is 11.3 Å². The van der Waals surface area contributed by atoms with Crippen LogP contribution < -0.4 is 0 Å². The van der Waals surface area contributed by atoms with Gasteiger partial charge >= 0.3 is 0 Å². The number of aromatic nitrogens is 4. The van der Waals surface area contributed by atoms with Crippen molar-refractivity contribution >= 4 is 28.9 Å². The molecular formula is C14H14N4OS2. The van der Waals surface area contributed by atoms with Gasteiger partial charge in [0.2, 0.25) is 5.16 Å². The summed E-state index contributed by atoms with van der Waals surface area (Å²) in [4.78, 5) is 20.8. The van der Waals surface area contributed by atoms with Gasteiger partial charge in [0.1, 0.15) is 0 Å². The number of hydrogen-bond donors (Lipinski definition) is 2. The Morgan fingerprint density at radius 2 is 2.29 bits per heavy atom. The van der Waals surface area contributed by atoms with Crippen molar-refractivity contribution in [3.63, 3.8) is 0 Å². The van der Waals surface area contributed by atoms with E-state index in [1.807, 2.05) is 37.4 Å². The molecule has 108 valence electrons. The maximum Gasteiger partial charge on any atom is 0.209 e. The number of aromatic amines is 2. The third kappa shape index (κ3) is 3.08. The van der Waals surface area contributed by atoms with Gasteiger partial charge in [-0.3, -0.25) is 9.89 Å². The SMILES string of the molecule is Cc1cc(C(=O)CSc2n[nH]c(-c3cccs3)n2)c(C)[nH]1. The number of nitrogens with one attached hydrogen (secondary N) is 2. The fourth-order valence-electron chi connectivity index (χ4n) is 2.06. The minimum atomic E-state index is 0.0873. The van der Waals surface area contributed by atoms with Crippen molar-refractivity contribution in [3.8, 4) is 10.7 Å². The summed E-state index contributed by atoms with van der Waals surface area (Å²) < 4.78 is 0. The number of thiophene rings is 1. The number of ketones is 1. The molecule has 0 fully saturated rings. The lowest BCUT2D eigenvalue weighted by atomic mass is 10.2. The predicted octanol–water partition coefficient (Wildman–Crippen LogP) is 3.45. The van der Waals surface area contributed by atoms with Crippen LogP contribution in [0.2, 0.25) is 0 Å². The van der Waals surface area contributed by atoms with Gasteiger partial charge in [-0.05, 0) is 31.4 Å². The number of thioether (sulfide) groups is 1. The predicted molar refractivity (Wildman–Crippen MR) is 85.0 cm³/mol. The Balaban J connectivity index is 1.65. The molecule has 0 amide bonds. The monoisotopic (exact) mass is 318 g/mol. The van der Waals surface area contributed by atoms with Crippen LogP contribution in [0, 0.1) is 13.8 Å². The Hall–Kier alpha value is -1.86. The molecule has 21 heavy (non-hydrogen) atoms. The van der Waals surface area contributed by atoms with E-state index < -0.39 is 0 Å². The molecule has 5 nitrogen and oxygen atoms in total. The standard InChI is InChI=1S/C14H14N4OS2/c1-8-6-10(9(2)15-8)11(19)7-21-14-16-13(17-18-14)12-4-3-5-20-12/h3-6,15H,7H2,1-2H3,(H,16,17,18). The van der Waals surface area contributed by atoms with Crippen molar-refractivity contribution in [1.82, 2.24) is 20.2 Å². The summed E-state index contributed by atoms with van der Waals surface area (Å²) in [5, 5.41) is 9.62. The normalized spacial score (nSPS) is 11.0. The number of aryl methyl sites for hydroxylation is 2. The number of carbonyl (C=O) groups excluding carboxylic acids is 1. The fourth-order valence-corrected chi connectivity index (χ4v) is 3.40. The molecule has 3 aromatic heterocycles. The van der Waals surface area contributed by atoms with Crippen molar-refractivity contribution in [2.24, 2.45) is 0 Å². The van der Waals surface area contributed by atoms with Crippen LogP contribution in [0.15, 0.2) is 28.7 Å². The topological polar surface area (TPSA) is 74.4 Å². The van der Waals surface area contributed by atoms with Crippen LogP contribution in [0.1, 0.15) is 21.7 Å². The molecule has 0 aliphatic heterocycles. The van der Waals surface area contributed by atoms with E-state index in [2.05, 4.69) is 20.2 Å². The number of rotatable bonds is 5. The molecule has 3 heterocycles. The van der Waals surface area contributed by atoms with E-state index in [1.165, 1.54) is 11.8 Å². The highest BCUT2D eigenvalue weighted by Crippen LogP contribution is 2.23. The smallest absolute Gasteiger partial charge is 0.209 e. The molecular weight excluding hydrogens is 304 g/mol. The van der Waals surface area contributed by atoms with Crippen molar-refractivity contribution < 1.29 is 4.79 Å². The summed E-state index contributed by atoms with van der Waals surface area (Å²) in [5.74, 6) is 1.16. The molecule has 0 saturated heterocycles. The summed E-state index contributed by atoms with van der Waals surface area (Å²) in [7, 11) is 0. The molecule has 0 aliphatic carbocycles. The number of nitrogens with zero attached hydrogens (tertiary/aromatic N) is 2. The first-order valence-electron chi connectivity index (χ1n) is 6.42. The molecule has 0 aliphatic rings. The van der Waals surface area contributed by atoms with Crippen LogP contribution >= 0.6 is 23.1 Å². The van der Waals surface area contributed by atoms with E-state index in [-0.39, 0.29) is 5.78 Å². The molecule has 0 bridgehead atoms. The molecule has 0 unspecified atom stereocenters. The minimum absolute atomic E-state index is 0.0873. The maximum absolute atomic E-state index is 12.2. The first-order valence-corrected chi connectivity index (χ1v) is 8.28. The van der Waals surface area contributed by atoms with Gasteiger partial charge in [-0.25, -0.2) is 4.98 Å². The van der Waals surface area contributed by atoms with Crippen LogP contribution in [-0.4, -0.2) is 31.7 Å². The highest BCUT2D eigenvalue weighted by molar-refractivity contribution is 7.99. The van der Waals surface area contributed by atoms with Crippen molar-refractivity contribution in [2.45, 2.75) is 19.0 Å². The Bertz CT molecular complexity index is 758. The second-order valence-corrected chi connectivity index (χ2v) is 6.54. The molecule has 0 aromatic carbocycles. The van der Waals surface area contributed by atoms with Crippen molar-refractivity contribution in [1.29, 1.82) is 0 Å². The molecule has 0 spiro atoms. The quantitative estimate of drug-likeness (QED) is 0.558. The third-order valence-corrected chi connectivity index (χ3v) is 4.73. The average Bonchev–Trinajstić information content (AvgIpc) is 3.15. The summed E-state index contributed by atoms with van der Waals surface area (Å²) >= 11 is 2.95. The van der Waals surface area contributed by atoms with Gasteiger partial charge in [-0.1, -0.05) is 17.8 Å². The highest BCUT2D eigenvalue weighted by atomic mass is 32.2. The fraction of sp³-hybridized carbons (Fsp3) is 0.214. The second kappa shape index (κ2) is 5.87. The van der Waals surface area contributed by atoms with E-state index in [0.717, 1.165) is 27.7 Å². The number of Topliss-reactive ketones (excluding diaryl/α,β-unsaturated/α-hetero) is 1. The summed E-state index contributed by atoms with van der Waals surface area (Å²) in [6.07, 6.45) is 0. The largest absolute Gasteiger partial charge is 0.362 e. The Labute approximate surface area is 130 Å². The lowest BCUT2D eigenvalue weighted by Crippen LogP contribution is -2.03. The van der Waals surface area contributed by atoms with Crippen LogP contribution in [0.25, 0.3) is 10.7 Å². The van der Waals surface area contributed by atoms with Crippen LogP contribution in [-0.2, 0) is 0 Å². The van der Waals surface area contributed by atoms with Crippen LogP contribution in [0.5, 0.6) is 0 Å². The summed E-state index contributed by atoms with van der Waals surface area (Å²) in [5.41, 5.74) is 2.65. The zero-order valence-corrected chi connectivity index (χ0v) is 13.3. The van der Waals surface area contributed by atoms with Gasteiger partial charge < -0.3 is 4.98 Å².